The van der Waals surface area contributed by atoms with Crippen LogP contribution in [0.25, 0.3) is 0 Å². The summed E-state index contributed by atoms with van der Waals surface area (Å²) in [6, 6.07) is -1.06. The Kier molecular flexibility index (Phi) is 40.4. The van der Waals surface area contributed by atoms with E-state index in [1.807, 2.05) is 27.2 Å². The van der Waals surface area contributed by atoms with E-state index in [-0.39, 0.29) is 6.61 Å². The lowest BCUT2D eigenvalue weighted by Gasteiger charge is -2.29. The molecule has 0 aromatic carbocycles. The summed E-state index contributed by atoms with van der Waals surface area (Å²) in [5.74, 6) is 0.139. The van der Waals surface area contributed by atoms with Gasteiger partial charge in [-0.15, -0.1) is 0 Å². The molecule has 2 unspecified atom stereocenters. The van der Waals surface area contributed by atoms with Gasteiger partial charge in [-0.3, -0.25) is 9.36 Å². The van der Waals surface area contributed by atoms with Crippen molar-refractivity contribution in [3.63, 3.8) is 0 Å². The first-order valence-electron chi connectivity index (χ1n) is 25.5. The highest BCUT2D eigenvalue weighted by Gasteiger charge is 2.26. The van der Waals surface area contributed by atoms with Crippen LogP contribution in [0.1, 0.15) is 239 Å². The average Bonchev–Trinajstić information content (AvgIpc) is 3.19. The average molecular weight is 873 g/mol. The number of amides is 1. The van der Waals surface area contributed by atoms with E-state index in [1.54, 1.807) is 6.08 Å². The Bertz CT molecular complexity index is 1020. The number of carbonyl (C=O) groups is 1. The van der Waals surface area contributed by atoms with E-state index in [0.29, 0.717) is 17.4 Å². The van der Waals surface area contributed by atoms with Gasteiger partial charge in [0.2, 0.25) is 5.91 Å². The Morgan fingerprint density at radius 3 is 1.40 bits per heavy atom. The maximum Gasteiger partial charge on any atom is 0.268 e. The summed E-state index contributed by atoms with van der Waals surface area (Å²) in [5.41, 5.74) is 0. The summed E-state index contributed by atoms with van der Waals surface area (Å²) < 4.78 is 23.1. The molecule has 0 spiro atoms. The molecule has 60 heavy (non-hydrogen) atoms. The third-order valence-electron chi connectivity index (χ3n) is 11.8. The second kappa shape index (κ2) is 40.9. The fraction of sp³-hybridized carbons (Fsp3) is 0.940. The first-order chi connectivity index (χ1) is 28.8. The van der Waals surface area contributed by atoms with Gasteiger partial charge in [-0.2, -0.15) is 0 Å². The number of phosphoric ester groups is 1. The Hall–Kier alpha value is -0.800. The van der Waals surface area contributed by atoms with Gasteiger partial charge in [-0.25, -0.2) is 0 Å². The molecule has 0 fully saturated rings. The number of aliphatic hydroxyl groups is 2. The molecule has 0 heterocycles. The molecule has 9 nitrogen and oxygen atoms in total. The maximum atomic E-state index is 13.0. The molecule has 0 saturated carbocycles. The number of nitrogens with one attached hydrogen (secondary N) is 1. The minimum absolute atomic E-state index is 0.0417. The number of likely N-dealkylation sites (N-methyl/N-ethyl adjacent to an activating group) is 1. The first-order valence-corrected chi connectivity index (χ1v) is 27.0. The third-order valence-corrected chi connectivity index (χ3v) is 12.7. The molecule has 0 aliphatic rings. The smallest absolute Gasteiger partial charge is 0.268 e. The standard InChI is InChI=1S/C50H101N2O7P/c1-7-8-9-10-11-12-13-14-15-16-17-18-19-20-21-22-23-24-25-26-29-33-36-39-42-49(54)50(55)51-47(45-59-60(56,57)58-44-43-52(4,5)6)48(53)41-38-35-32-30-27-28-31-34-37-40-46(2)3/h38,41,46-49,53-54H,7-37,39-40,42-45H2,1-6H3,(H-,51,55,56,57)/b41-38+/t47-,48+,49?/m0/s1. The summed E-state index contributed by atoms with van der Waals surface area (Å²) in [7, 11) is 1.12. The number of hydrogen-bond donors (Lipinski definition) is 3. The Morgan fingerprint density at radius 1 is 0.617 bits per heavy atom. The number of phosphoric acid groups is 1. The SMILES string of the molecule is CCCCCCCCCCCCCCCCCCCCCCCCCCC(O)C(=O)N[C@@H](COP(=O)([O-])OCC[N+](C)(C)C)[C@H](O)/C=C/CCCCCCCCCC(C)C. The lowest BCUT2D eigenvalue weighted by Crippen LogP contribution is -2.49. The van der Waals surface area contributed by atoms with Gasteiger partial charge in [0.05, 0.1) is 39.9 Å². The van der Waals surface area contributed by atoms with Crippen molar-refractivity contribution in [2.75, 3.05) is 40.9 Å². The third kappa shape index (κ3) is 42.5. The van der Waals surface area contributed by atoms with Gasteiger partial charge in [0.15, 0.2) is 0 Å². The molecule has 4 atom stereocenters. The van der Waals surface area contributed by atoms with Crippen LogP contribution in [-0.2, 0) is 18.4 Å². The number of carbonyl (C=O) groups excluding carboxylic acids is 1. The van der Waals surface area contributed by atoms with Crippen molar-refractivity contribution < 1.29 is 38.0 Å². The van der Waals surface area contributed by atoms with Gasteiger partial charge in [0.25, 0.3) is 7.82 Å². The highest BCUT2D eigenvalue weighted by atomic mass is 31.2. The van der Waals surface area contributed by atoms with Gasteiger partial charge in [-0.1, -0.05) is 232 Å². The zero-order chi connectivity index (χ0) is 44.6. The number of unbranched alkanes of at least 4 members (excludes halogenated alkanes) is 30. The van der Waals surface area contributed by atoms with Crippen LogP contribution < -0.4 is 10.2 Å². The highest BCUT2D eigenvalue weighted by molar-refractivity contribution is 7.45. The fourth-order valence-electron chi connectivity index (χ4n) is 7.64. The van der Waals surface area contributed by atoms with Crippen molar-refractivity contribution in [3.05, 3.63) is 12.2 Å². The highest BCUT2D eigenvalue weighted by Crippen LogP contribution is 2.38. The van der Waals surface area contributed by atoms with E-state index < -0.39 is 38.6 Å². The molecule has 0 aromatic rings. The summed E-state index contributed by atoms with van der Waals surface area (Å²) in [5, 5.41) is 24.2. The number of rotatable bonds is 46. The quantitative estimate of drug-likeness (QED) is 0.0240. The summed E-state index contributed by atoms with van der Waals surface area (Å²) in [4.78, 5) is 25.4. The first kappa shape index (κ1) is 59.2. The van der Waals surface area contributed by atoms with Crippen molar-refractivity contribution >= 4 is 13.7 Å². The summed E-state index contributed by atoms with van der Waals surface area (Å²) >= 11 is 0. The number of quaternary nitrogens is 1. The normalized spacial score (nSPS) is 14.8. The van der Waals surface area contributed by atoms with Crippen LogP contribution in [0.5, 0.6) is 0 Å². The van der Waals surface area contributed by atoms with Gasteiger partial charge < -0.3 is 34.0 Å². The largest absolute Gasteiger partial charge is 0.756 e. The Labute approximate surface area is 372 Å². The van der Waals surface area contributed by atoms with Gasteiger partial charge >= 0.3 is 0 Å². The van der Waals surface area contributed by atoms with E-state index >= 15 is 0 Å². The van der Waals surface area contributed by atoms with E-state index in [0.717, 1.165) is 44.4 Å². The molecule has 3 N–H and O–H groups in total. The van der Waals surface area contributed by atoms with Crippen LogP contribution in [0.15, 0.2) is 12.2 Å². The number of allylic oxidation sites excluding steroid dienone is 1. The molecule has 0 aliphatic heterocycles. The number of hydrogen-bond acceptors (Lipinski definition) is 7. The predicted octanol–water partition coefficient (Wildman–Crippen LogP) is 12.9. The predicted molar refractivity (Wildman–Crippen MR) is 253 cm³/mol. The van der Waals surface area contributed by atoms with Gasteiger partial charge in [-0.05, 0) is 25.2 Å². The van der Waals surface area contributed by atoms with Crippen molar-refractivity contribution in [2.45, 2.75) is 257 Å². The molecule has 0 rings (SSSR count). The van der Waals surface area contributed by atoms with E-state index in [1.165, 1.54) is 173 Å². The topological polar surface area (TPSA) is 128 Å². The van der Waals surface area contributed by atoms with Crippen molar-refractivity contribution in [3.8, 4) is 0 Å². The van der Waals surface area contributed by atoms with Gasteiger partial charge in [0, 0.05) is 0 Å². The Balaban J connectivity index is 4.26. The molecular formula is C50H101N2O7P. The molecule has 0 bridgehead atoms. The molecule has 358 valence electrons. The van der Waals surface area contributed by atoms with Crippen molar-refractivity contribution in [2.24, 2.45) is 5.92 Å². The molecule has 0 aliphatic carbocycles. The van der Waals surface area contributed by atoms with Gasteiger partial charge in [0.1, 0.15) is 19.3 Å². The van der Waals surface area contributed by atoms with Crippen LogP contribution in [0.2, 0.25) is 0 Å². The zero-order valence-corrected chi connectivity index (χ0v) is 41.4. The molecule has 0 radical (unpaired) electrons. The minimum atomic E-state index is -4.66. The fourth-order valence-corrected chi connectivity index (χ4v) is 8.36. The molecule has 10 heteroatoms. The van der Waals surface area contributed by atoms with Crippen LogP contribution in [0.4, 0.5) is 0 Å². The van der Waals surface area contributed by atoms with Crippen LogP contribution in [0.3, 0.4) is 0 Å². The molecular weight excluding hydrogens is 772 g/mol. The van der Waals surface area contributed by atoms with Crippen LogP contribution in [0, 0.1) is 5.92 Å². The second-order valence-electron chi connectivity index (χ2n) is 19.5. The molecule has 1 amide bonds. The number of nitrogens with zero attached hydrogens (tertiary/aromatic N) is 1. The maximum absolute atomic E-state index is 13.0. The van der Waals surface area contributed by atoms with E-state index in [9.17, 15) is 24.5 Å². The zero-order valence-electron chi connectivity index (χ0n) is 40.5. The van der Waals surface area contributed by atoms with E-state index in [4.69, 9.17) is 9.05 Å². The van der Waals surface area contributed by atoms with Crippen molar-refractivity contribution in [1.82, 2.24) is 5.32 Å². The molecule has 0 saturated heterocycles. The van der Waals surface area contributed by atoms with E-state index in [2.05, 4.69) is 26.1 Å². The van der Waals surface area contributed by atoms with Crippen molar-refractivity contribution in [1.29, 1.82) is 0 Å². The van der Waals surface area contributed by atoms with Crippen LogP contribution in [-0.4, -0.2) is 79.8 Å². The monoisotopic (exact) mass is 873 g/mol. The minimum Gasteiger partial charge on any atom is -0.756 e. The molecule has 0 aromatic heterocycles. The summed E-state index contributed by atoms with van der Waals surface area (Å²) in [6.07, 6.45) is 43.5. The lowest BCUT2D eigenvalue weighted by atomic mass is 10.0. The summed E-state index contributed by atoms with van der Waals surface area (Å²) in [6.45, 7) is 6.76. The number of aliphatic hydroxyl groups excluding tert-OH is 2. The Morgan fingerprint density at radius 2 is 1.00 bits per heavy atom. The lowest BCUT2D eigenvalue weighted by molar-refractivity contribution is -0.870. The van der Waals surface area contributed by atoms with Crippen LogP contribution >= 0.6 is 7.82 Å². The second-order valence-corrected chi connectivity index (χ2v) is 20.9.